The topological polar surface area (TPSA) is 93.8 Å². The number of hydrogen-bond donors (Lipinski definition) is 0. The third-order valence-electron chi connectivity index (χ3n) is 5.16. The molecule has 1 saturated heterocycles. The van der Waals surface area contributed by atoms with Crippen LogP contribution in [-0.2, 0) is 6.18 Å². The molecule has 2 aromatic heterocycles. The smallest absolute Gasteiger partial charge is 0.471 e. The molecule has 0 saturated carbocycles. The number of anilines is 1. The normalized spacial score (nSPS) is 14.3. The van der Waals surface area contributed by atoms with Gasteiger partial charge in [0, 0.05) is 49.6 Å². The van der Waals surface area contributed by atoms with E-state index < -0.39 is 12.1 Å². The van der Waals surface area contributed by atoms with Gasteiger partial charge in [0.1, 0.15) is 17.3 Å². The van der Waals surface area contributed by atoms with Crippen LogP contribution in [0.4, 0.5) is 19.0 Å². The molecule has 3 aromatic rings. The molecule has 1 aliphatic rings. The van der Waals surface area contributed by atoms with Crippen LogP contribution in [0.25, 0.3) is 11.4 Å². The second-order valence-electron chi connectivity index (χ2n) is 7.21. The lowest BCUT2D eigenvalue weighted by molar-refractivity contribution is -0.159. The number of pyridine rings is 1. The number of ether oxygens (including phenoxy) is 2. The van der Waals surface area contributed by atoms with E-state index in [2.05, 4.69) is 19.6 Å². The van der Waals surface area contributed by atoms with E-state index in [1.165, 1.54) is 20.4 Å². The highest BCUT2D eigenvalue weighted by atomic mass is 19.4. The molecule has 1 aromatic carbocycles. The van der Waals surface area contributed by atoms with Crippen molar-refractivity contribution in [2.45, 2.75) is 6.18 Å². The van der Waals surface area contributed by atoms with Crippen LogP contribution < -0.4 is 14.4 Å². The first-order valence-electron chi connectivity index (χ1n) is 9.93. The number of benzene rings is 1. The summed E-state index contributed by atoms with van der Waals surface area (Å²) >= 11 is 0. The Morgan fingerprint density at radius 1 is 1.03 bits per heavy atom. The lowest BCUT2D eigenvalue weighted by atomic mass is 10.1. The maximum absolute atomic E-state index is 12.9. The molecule has 0 aliphatic carbocycles. The van der Waals surface area contributed by atoms with Crippen molar-refractivity contribution in [1.82, 2.24) is 20.0 Å². The molecule has 33 heavy (non-hydrogen) atoms. The Morgan fingerprint density at radius 3 is 2.21 bits per heavy atom. The van der Waals surface area contributed by atoms with E-state index >= 15 is 0 Å². The zero-order chi connectivity index (χ0) is 23.6. The number of rotatable bonds is 5. The molecule has 12 heteroatoms. The Bertz CT molecular complexity index is 1100. The predicted octanol–water partition coefficient (Wildman–Crippen LogP) is 3.13. The maximum atomic E-state index is 12.9. The number of carbonyl (C=O) groups is 1. The van der Waals surface area contributed by atoms with E-state index in [0.717, 1.165) is 0 Å². The minimum Gasteiger partial charge on any atom is -0.497 e. The van der Waals surface area contributed by atoms with Gasteiger partial charge in [-0.25, -0.2) is 4.98 Å². The van der Waals surface area contributed by atoms with E-state index in [9.17, 15) is 18.0 Å². The predicted molar refractivity (Wildman–Crippen MR) is 110 cm³/mol. The first-order chi connectivity index (χ1) is 15.8. The molecular weight excluding hydrogens is 443 g/mol. The Morgan fingerprint density at radius 2 is 1.70 bits per heavy atom. The Labute approximate surface area is 186 Å². The molecule has 4 rings (SSSR count). The first kappa shape index (κ1) is 22.4. The summed E-state index contributed by atoms with van der Waals surface area (Å²) in [6.07, 6.45) is -3.31. The average molecular weight is 463 g/mol. The molecule has 3 heterocycles. The van der Waals surface area contributed by atoms with Crippen LogP contribution in [0.5, 0.6) is 11.5 Å². The van der Waals surface area contributed by atoms with Crippen LogP contribution in [0.15, 0.2) is 41.1 Å². The molecule has 1 amide bonds. The summed E-state index contributed by atoms with van der Waals surface area (Å²) in [7, 11) is 3.04. The average Bonchev–Trinajstić information content (AvgIpc) is 3.34. The lowest BCUT2D eigenvalue weighted by Gasteiger charge is -2.35. The first-order valence-corrected chi connectivity index (χ1v) is 9.93. The highest BCUT2D eigenvalue weighted by Gasteiger charge is 2.38. The second-order valence-corrected chi connectivity index (χ2v) is 7.21. The molecule has 0 unspecified atom stereocenters. The molecule has 0 bridgehead atoms. The van der Waals surface area contributed by atoms with Gasteiger partial charge in [-0.2, -0.15) is 18.2 Å². The van der Waals surface area contributed by atoms with Gasteiger partial charge in [-0.3, -0.25) is 4.79 Å². The number of carbonyl (C=O) groups excluding carboxylic acids is 1. The summed E-state index contributed by atoms with van der Waals surface area (Å²) < 4.78 is 52.6. The van der Waals surface area contributed by atoms with E-state index in [0.29, 0.717) is 54.6 Å². The van der Waals surface area contributed by atoms with Gasteiger partial charge in [0.2, 0.25) is 5.82 Å². The number of aromatic nitrogens is 3. The number of halogens is 3. The standard InChI is InChI=1S/C21H20F3N5O4/c1-31-15-9-14(10-16(11-15)32-2)19(30)29-7-5-28(6-8-29)17-4-3-13(12-25-17)18-26-20(33-27-18)21(22,23)24/h3-4,9-12H,5-8H2,1-2H3. The summed E-state index contributed by atoms with van der Waals surface area (Å²) in [6.45, 7) is 2.03. The Hall–Kier alpha value is -3.83. The molecular formula is C21H20F3N5O4. The fourth-order valence-corrected chi connectivity index (χ4v) is 3.41. The molecule has 1 aliphatic heterocycles. The molecule has 0 N–H and O–H groups in total. The summed E-state index contributed by atoms with van der Waals surface area (Å²) in [5, 5.41) is 3.36. The van der Waals surface area contributed by atoms with Crippen molar-refractivity contribution in [3.63, 3.8) is 0 Å². The highest BCUT2D eigenvalue weighted by Crippen LogP contribution is 2.29. The maximum Gasteiger partial charge on any atom is 0.471 e. The minimum atomic E-state index is -4.70. The summed E-state index contributed by atoms with van der Waals surface area (Å²) in [5.41, 5.74) is 0.777. The van der Waals surface area contributed by atoms with Crippen LogP contribution in [0.2, 0.25) is 0 Å². The Kier molecular flexibility index (Phi) is 6.07. The van der Waals surface area contributed by atoms with E-state index in [1.54, 1.807) is 35.2 Å². The van der Waals surface area contributed by atoms with Gasteiger partial charge in [0.25, 0.3) is 5.91 Å². The van der Waals surface area contributed by atoms with Gasteiger partial charge in [0.05, 0.1) is 14.2 Å². The van der Waals surface area contributed by atoms with E-state index in [-0.39, 0.29) is 11.7 Å². The van der Waals surface area contributed by atoms with Gasteiger partial charge < -0.3 is 23.8 Å². The van der Waals surface area contributed by atoms with Crippen molar-refractivity contribution in [3.8, 4) is 22.9 Å². The van der Waals surface area contributed by atoms with Crippen molar-refractivity contribution in [1.29, 1.82) is 0 Å². The third-order valence-corrected chi connectivity index (χ3v) is 5.16. The van der Waals surface area contributed by atoms with Gasteiger partial charge in [-0.05, 0) is 24.3 Å². The second kappa shape index (κ2) is 8.96. The van der Waals surface area contributed by atoms with Crippen LogP contribution in [0.3, 0.4) is 0 Å². The monoisotopic (exact) mass is 463 g/mol. The lowest BCUT2D eigenvalue weighted by Crippen LogP contribution is -2.49. The van der Waals surface area contributed by atoms with Crippen molar-refractivity contribution in [2.75, 3.05) is 45.3 Å². The van der Waals surface area contributed by atoms with Crippen molar-refractivity contribution in [3.05, 3.63) is 48.0 Å². The zero-order valence-electron chi connectivity index (χ0n) is 17.8. The molecule has 174 valence electrons. The van der Waals surface area contributed by atoms with Crippen molar-refractivity contribution in [2.24, 2.45) is 0 Å². The fraction of sp³-hybridized carbons (Fsp3) is 0.333. The van der Waals surface area contributed by atoms with Gasteiger partial charge >= 0.3 is 12.1 Å². The molecule has 0 radical (unpaired) electrons. The third kappa shape index (κ3) is 4.83. The van der Waals surface area contributed by atoms with Crippen molar-refractivity contribution < 1.29 is 32.0 Å². The summed E-state index contributed by atoms with van der Waals surface area (Å²) in [4.78, 5) is 24.3. The summed E-state index contributed by atoms with van der Waals surface area (Å²) in [5.74, 6) is -0.0307. The number of alkyl halides is 3. The summed E-state index contributed by atoms with van der Waals surface area (Å²) in [6, 6.07) is 8.28. The fourth-order valence-electron chi connectivity index (χ4n) is 3.41. The van der Waals surface area contributed by atoms with Crippen LogP contribution in [-0.4, -0.2) is 66.3 Å². The number of hydrogen-bond acceptors (Lipinski definition) is 8. The number of methoxy groups -OCH3 is 2. The van der Waals surface area contributed by atoms with Crippen LogP contribution >= 0.6 is 0 Å². The van der Waals surface area contributed by atoms with Gasteiger partial charge in [-0.15, -0.1) is 0 Å². The molecule has 0 atom stereocenters. The SMILES string of the molecule is COc1cc(OC)cc(C(=O)N2CCN(c3ccc(-c4noc(C(F)(F)F)n4)cn3)CC2)c1. The number of amides is 1. The van der Waals surface area contributed by atoms with Crippen LogP contribution in [0.1, 0.15) is 16.2 Å². The van der Waals surface area contributed by atoms with Crippen molar-refractivity contribution >= 4 is 11.7 Å². The zero-order valence-corrected chi connectivity index (χ0v) is 17.8. The molecule has 0 spiro atoms. The molecule has 9 nitrogen and oxygen atoms in total. The number of nitrogens with zero attached hydrogens (tertiary/aromatic N) is 5. The van der Waals surface area contributed by atoms with Gasteiger partial charge in [0.15, 0.2) is 0 Å². The Balaban J connectivity index is 1.40. The quantitative estimate of drug-likeness (QED) is 0.570. The largest absolute Gasteiger partial charge is 0.497 e. The van der Waals surface area contributed by atoms with Gasteiger partial charge in [-0.1, -0.05) is 5.16 Å². The molecule has 1 fully saturated rings. The minimum absolute atomic E-state index is 0.132. The van der Waals surface area contributed by atoms with E-state index in [4.69, 9.17) is 9.47 Å². The van der Waals surface area contributed by atoms with Crippen LogP contribution in [0, 0.1) is 0 Å². The highest BCUT2D eigenvalue weighted by molar-refractivity contribution is 5.95. The van der Waals surface area contributed by atoms with E-state index in [1.807, 2.05) is 4.90 Å². The number of piperazine rings is 1.